The fraction of sp³-hybridized carbons (Fsp3) is 0.364. The topological polar surface area (TPSA) is 122 Å². The summed E-state index contributed by atoms with van der Waals surface area (Å²) >= 11 is 0. The second-order valence-electron chi connectivity index (χ2n) is 7.46. The number of hydrogen-bond donors (Lipinski definition) is 3. The third-order valence-electron chi connectivity index (χ3n) is 5.02. The van der Waals surface area contributed by atoms with Gasteiger partial charge in [0.2, 0.25) is 15.9 Å². The number of amides is 1. The number of nitrogens with one attached hydrogen (secondary N) is 3. The summed E-state index contributed by atoms with van der Waals surface area (Å²) in [6, 6.07) is 12.3. The third-order valence-corrected chi connectivity index (χ3v) is 6.48. The molecule has 0 spiro atoms. The van der Waals surface area contributed by atoms with Gasteiger partial charge in [0.1, 0.15) is 5.82 Å². The molecule has 1 aromatic heterocycles. The Morgan fingerprint density at radius 3 is 2.72 bits per heavy atom. The van der Waals surface area contributed by atoms with Crippen LogP contribution in [0.1, 0.15) is 25.1 Å². The molecule has 3 N–H and O–H groups in total. The summed E-state index contributed by atoms with van der Waals surface area (Å²) in [5, 5.41) is 2.81. The number of carbonyl (C=O) groups is 1. The quantitative estimate of drug-likeness (QED) is 0.422. The lowest BCUT2D eigenvalue weighted by atomic mass is 10.3. The van der Waals surface area contributed by atoms with Gasteiger partial charge in [-0.3, -0.25) is 4.79 Å². The standard InChI is InChI=1S/C22H26N4O5S/c27-22(23-11-3-7-21-25-17-5-1-2-6-18(17)26-21)10-12-24-32(28,29)16-8-9-19-20(15-16)31-14-4-13-30-19/h1-2,5-6,8-9,15,24H,3-4,7,10-14H2,(H,23,27)(H,25,26). The molecule has 1 aliphatic heterocycles. The number of para-hydroxylation sites is 2. The molecule has 2 heterocycles. The summed E-state index contributed by atoms with van der Waals surface area (Å²) in [5.41, 5.74) is 1.92. The molecule has 10 heteroatoms. The predicted molar refractivity (Wildman–Crippen MR) is 119 cm³/mol. The Bertz CT molecular complexity index is 1160. The summed E-state index contributed by atoms with van der Waals surface area (Å²) < 4.78 is 38.6. The van der Waals surface area contributed by atoms with Gasteiger partial charge in [0, 0.05) is 38.4 Å². The van der Waals surface area contributed by atoms with E-state index < -0.39 is 10.0 Å². The molecule has 2 aromatic carbocycles. The number of imidazole rings is 1. The van der Waals surface area contributed by atoms with Crippen molar-refractivity contribution in [2.45, 2.75) is 30.6 Å². The summed E-state index contributed by atoms with van der Waals surface area (Å²) in [5.74, 6) is 1.61. The van der Waals surface area contributed by atoms with Gasteiger partial charge in [-0.2, -0.15) is 0 Å². The van der Waals surface area contributed by atoms with Crippen LogP contribution in [0.3, 0.4) is 0 Å². The van der Waals surface area contributed by atoms with Crippen LogP contribution in [0.5, 0.6) is 11.5 Å². The van der Waals surface area contributed by atoms with Crippen molar-refractivity contribution < 1.29 is 22.7 Å². The van der Waals surface area contributed by atoms with E-state index in [2.05, 4.69) is 20.0 Å². The third kappa shape index (κ3) is 5.57. The molecule has 9 nitrogen and oxygen atoms in total. The number of nitrogens with zero attached hydrogens (tertiary/aromatic N) is 1. The van der Waals surface area contributed by atoms with Crippen molar-refractivity contribution in [2.75, 3.05) is 26.3 Å². The molecule has 170 valence electrons. The minimum absolute atomic E-state index is 0.00613. The normalized spacial score (nSPS) is 13.6. The van der Waals surface area contributed by atoms with Gasteiger partial charge in [-0.25, -0.2) is 18.1 Å². The molecule has 0 radical (unpaired) electrons. The number of benzene rings is 2. The van der Waals surface area contributed by atoms with E-state index in [4.69, 9.17) is 9.47 Å². The molecule has 0 aliphatic carbocycles. The molecule has 1 aliphatic rings. The molecule has 0 saturated carbocycles. The van der Waals surface area contributed by atoms with Crippen LogP contribution in [0.25, 0.3) is 11.0 Å². The van der Waals surface area contributed by atoms with E-state index in [1.165, 1.54) is 12.1 Å². The molecule has 0 bridgehead atoms. The Labute approximate surface area is 186 Å². The highest BCUT2D eigenvalue weighted by Gasteiger charge is 2.19. The van der Waals surface area contributed by atoms with Crippen molar-refractivity contribution in [3.8, 4) is 11.5 Å². The average Bonchev–Trinajstić information content (AvgIpc) is 3.05. The Kier molecular flexibility index (Phi) is 6.91. The van der Waals surface area contributed by atoms with Crippen molar-refractivity contribution in [3.63, 3.8) is 0 Å². The zero-order chi connectivity index (χ0) is 22.4. The fourth-order valence-electron chi connectivity index (χ4n) is 3.39. The SMILES string of the molecule is O=C(CCNS(=O)(=O)c1ccc2c(c1)OCCCO2)NCCCc1nc2ccccc2[nH]1. The largest absolute Gasteiger partial charge is 0.490 e. The molecule has 0 atom stereocenters. The highest BCUT2D eigenvalue weighted by atomic mass is 32.2. The van der Waals surface area contributed by atoms with Crippen LogP contribution >= 0.6 is 0 Å². The number of hydrogen-bond acceptors (Lipinski definition) is 6. The minimum Gasteiger partial charge on any atom is -0.490 e. The highest BCUT2D eigenvalue weighted by molar-refractivity contribution is 7.89. The van der Waals surface area contributed by atoms with Gasteiger partial charge in [0.15, 0.2) is 11.5 Å². The van der Waals surface area contributed by atoms with E-state index in [1.807, 2.05) is 24.3 Å². The summed E-state index contributed by atoms with van der Waals surface area (Å²) in [6.45, 7) is 1.50. The number of sulfonamides is 1. The van der Waals surface area contributed by atoms with Crippen LogP contribution in [0, 0.1) is 0 Å². The van der Waals surface area contributed by atoms with Gasteiger partial charge in [0.25, 0.3) is 0 Å². The second kappa shape index (κ2) is 10.0. The number of aromatic nitrogens is 2. The van der Waals surface area contributed by atoms with Crippen LogP contribution in [-0.2, 0) is 21.2 Å². The van der Waals surface area contributed by atoms with Crippen LogP contribution in [-0.4, -0.2) is 50.6 Å². The van der Waals surface area contributed by atoms with Gasteiger partial charge in [-0.1, -0.05) is 12.1 Å². The Balaban J connectivity index is 1.19. The molecule has 0 fully saturated rings. The first-order valence-corrected chi connectivity index (χ1v) is 12.1. The van der Waals surface area contributed by atoms with Crippen molar-refractivity contribution in [1.82, 2.24) is 20.0 Å². The van der Waals surface area contributed by atoms with E-state index in [9.17, 15) is 13.2 Å². The number of H-pyrrole nitrogens is 1. The van der Waals surface area contributed by atoms with Gasteiger partial charge in [-0.15, -0.1) is 0 Å². The molecule has 4 rings (SSSR count). The predicted octanol–water partition coefficient (Wildman–Crippen LogP) is 2.14. The lowest BCUT2D eigenvalue weighted by Crippen LogP contribution is -2.31. The zero-order valence-corrected chi connectivity index (χ0v) is 18.4. The van der Waals surface area contributed by atoms with E-state index in [-0.39, 0.29) is 23.8 Å². The smallest absolute Gasteiger partial charge is 0.240 e. The first-order valence-electron chi connectivity index (χ1n) is 10.6. The number of aryl methyl sites for hydroxylation is 1. The van der Waals surface area contributed by atoms with Crippen LogP contribution in [0.4, 0.5) is 0 Å². The van der Waals surface area contributed by atoms with E-state index >= 15 is 0 Å². The maximum Gasteiger partial charge on any atom is 0.240 e. The summed E-state index contributed by atoms with van der Waals surface area (Å²) in [7, 11) is -3.75. The maximum atomic E-state index is 12.5. The van der Waals surface area contributed by atoms with Crippen molar-refractivity contribution in [2.24, 2.45) is 0 Å². The molecule has 1 amide bonds. The van der Waals surface area contributed by atoms with Gasteiger partial charge >= 0.3 is 0 Å². The first-order chi connectivity index (χ1) is 15.5. The van der Waals surface area contributed by atoms with Crippen molar-refractivity contribution in [3.05, 3.63) is 48.3 Å². The first kappa shape index (κ1) is 22.1. The molecule has 3 aromatic rings. The summed E-state index contributed by atoms with van der Waals surface area (Å²) in [4.78, 5) is 19.9. The lowest BCUT2D eigenvalue weighted by Gasteiger charge is -2.11. The molecule has 32 heavy (non-hydrogen) atoms. The molecule has 0 saturated heterocycles. The van der Waals surface area contributed by atoms with E-state index in [0.717, 1.165) is 29.7 Å². The number of rotatable bonds is 9. The molecular weight excluding hydrogens is 432 g/mol. The minimum atomic E-state index is -3.75. The van der Waals surface area contributed by atoms with E-state index in [0.29, 0.717) is 37.7 Å². The maximum absolute atomic E-state index is 12.5. The number of fused-ring (bicyclic) bond motifs is 2. The van der Waals surface area contributed by atoms with Crippen LogP contribution < -0.4 is 19.5 Å². The Morgan fingerprint density at radius 2 is 1.88 bits per heavy atom. The summed E-state index contributed by atoms with van der Waals surface area (Å²) in [6.07, 6.45) is 2.23. The second-order valence-corrected chi connectivity index (χ2v) is 9.23. The zero-order valence-electron chi connectivity index (χ0n) is 17.6. The number of aromatic amines is 1. The van der Waals surface area contributed by atoms with Gasteiger partial charge in [0.05, 0.1) is 29.1 Å². The number of ether oxygens (including phenoxy) is 2. The fourth-order valence-corrected chi connectivity index (χ4v) is 4.44. The average molecular weight is 459 g/mol. The lowest BCUT2D eigenvalue weighted by molar-refractivity contribution is -0.120. The monoisotopic (exact) mass is 458 g/mol. The van der Waals surface area contributed by atoms with Crippen molar-refractivity contribution in [1.29, 1.82) is 0 Å². The Morgan fingerprint density at radius 1 is 1.06 bits per heavy atom. The van der Waals surface area contributed by atoms with E-state index in [1.54, 1.807) is 6.07 Å². The van der Waals surface area contributed by atoms with Gasteiger partial charge in [-0.05, 0) is 30.7 Å². The highest BCUT2D eigenvalue weighted by Crippen LogP contribution is 2.31. The molecule has 0 unspecified atom stereocenters. The van der Waals surface area contributed by atoms with Crippen LogP contribution in [0.2, 0.25) is 0 Å². The number of carbonyl (C=O) groups excluding carboxylic acids is 1. The van der Waals surface area contributed by atoms with Gasteiger partial charge < -0.3 is 19.8 Å². The van der Waals surface area contributed by atoms with Crippen molar-refractivity contribution >= 4 is 27.0 Å². The van der Waals surface area contributed by atoms with Crippen LogP contribution in [0.15, 0.2) is 47.4 Å². The molecular formula is C22H26N4O5S. The Hall–Kier alpha value is -3.11.